The van der Waals surface area contributed by atoms with Gasteiger partial charge in [0.15, 0.2) is 0 Å². The minimum Gasteiger partial charge on any atom is -0.354 e. The molecule has 0 radical (unpaired) electrons. The smallest absolute Gasteiger partial charge is 0.110 e. The summed E-state index contributed by atoms with van der Waals surface area (Å²) in [4.78, 5) is 3.18. The predicted molar refractivity (Wildman–Crippen MR) is 105 cm³/mol. The fourth-order valence-corrected chi connectivity index (χ4v) is 3.15. The number of aryl methyl sites for hydroxylation is 1. The summed E-state index contributed by atoms with van der Waals surface area (Å²) < 4.78 is 0. The number of hydrogen-bond donors (Lipinski definition) is 0. The van der Waals surface area contributed by atoms with Crippen LogP contribution in [0.2, 0.25) is 0 Å². The van der Waals surface area contributed by atoms with Crippen LogP contribution in [0.4, 0.5) is 0 Å². The number of rotatable bonds is 5. The highest BCUT2D eigenvalue weighted by Gasteiger charge is 2.14. The highest BCUT2D eigenvalue weighted by Crippen LogP contribution is 2.17. The molecule has 0 aliphatic carbocycles. The third kappa shape index (κ3) is 4.09. The van der Waals surface area contributed by atoms with Gasteiger partial charge in [0.1, 0.15) is 4.99 Å². The number of nitrogens with zero attached hydrogens (tertiary/aromatic N) is 1. The van der Waals surface area contributed by atoms with Crippen LogP contribution in [0.5, 0.6) is 0 Å². The van der Waals surface area contributed by atoms with E-state index in [2.05, 4.69) is 84.6 Å². The first kappa shape index (κ1) is 16.4. The van der Waals surface area contributed by atoms with Crippen LogP contribution in [0.25, 0.3) is 0 Å². The van der Waals surface area contributed by atoms with Gasteiger partial charge in [0, 0.05) is 18.7 Å². The highest BCUT2D eigenvalue weighted by atomic mass is 32.1. The lowest BCUT2D eigenvalue weighted by molar-refractivity contribution is 0.414. The Morgan fingerprint density at radius 1 is 0.708 bits per heavy atom. The van der Waals surface area contributed by atoms with Crippen molar-refractivity contribution in [3.05, 3.63) is 107 Å². The molecule has 0 N–H and O–H groups in total. The van der Waals surface area contributed by atoms with Crippen molar-refractivity contribution in [1.29, 1.82) is 0 Å². The van der Waals surface area contributed by atoms with E-state index in [1.54, 1.807) is 0 Å². The summed E-state index contributed by atoms with van der Waals surface area (Å²) in [6.07, 6.45) is 0. The van der Waals surface area contributed by atoms with Gasteiger partial charge >= 0.3 is 0 Å². The molecule has 120 valence electrons. The summed E-state index contributed by atoms with van der Waals surface area (Å²) in [5.74, 6) is 0. The maximum atomic E-state index is 5.85. The van der Waals surface area contributed by atoms with E-state index in [0.717, 1.165) is 23.6 Å². The standard InChI is InChI=1S/C22H21NS/c1-18-10-8-9-15-21(18)22(24)23(16-19-11-4-2-5-12-19)17-20-13-6-3-7-14-20/h2-15H,16-17H2,1H3. The Bertz CT molecular complexity index is 755. The molecule has 0 atom stereocenters. The highest BCUT2D eigenvalue weighted by molar-refractivity contribution is 7.80. The first-order valence-electron chi connectivity index (χ1n) is 8.17. The topological polar surface area (TPSA) is 3.24 Å². The van der Waals surface area contributed by atoms with E-state index in [1.165, 1.54) is 16.7 Å². The van der Waals surface area contributed by atoms with Gasteiger partial charge in [-0.15, -0.1) is 0 Å². The van der Waals surface area contributed by atoms with Gasteiger partial charge in [-0.3, -0.25) is 0 Å². The molecule has 0 aliphatic rings. The van der Waals surface area contributed by atoms with Gasteiger partial charge in [-0.1, -0.05) is 97.1 Å². The van der Waals surface area contributed by atoms with Crippen LogP contribution >= 0.6 is 12.2 Å². The fourth-order valence-electron chi connectivity index (χ4n) is 2.79. The van der Waals surface area contributed by atoms with Crippen molar-refractivity contribution in [2.45, 2.75) is 20.0 Å². The molecule has 0 amide bonds. The lowest BCUT2D eigenvalue weighted by Gasteiger charge is -2.26. The average Bonchev–Trinajstić information content (AvgIpc) is 2.63. The zero-order valence-corrected chi connectivity index (χ0v) is 14.7. The Morgan fingerprint density at radius 3 is 1.67 bits per heavy atom. The van der Waals surface area contributed by atoms with Gasteiger partial charge in [-0.05, 0) is 23.6 Å². The summed E-state index contributed by atoms with van der Waals surface area (Å²) in [5, 5.41) is 0. The summed E-state index contributed by atoms with van der Waals surface area (Å²) in [5.41, 5.74) is 4.89. The van der Waals surface area contributed by atoms with E-state index in [0.29, 0.717) is 0 Å². The molecule has 0 heterocycles. The Balaban J connectivity index is 1.89. The minimum absolute atomic E-state index is 0.808. The summed E-state index contributed by atoms with van der Waals surface area (Å²) in [7, 11) is 0. The number of hydrogen-bond acceptors (Lipinski definition) is 1. The van der Waals surface area contributed by atoms with Gasteiger partial charge in [0.2, 0.25) is 0 Å². The molecule has 0 aromatic heterocycles. The maximum Gasteiger partial charge on any atom is 0.110 e. The molecule has 0 saturated carbocycles. The van der Waals surface area contributed by atoms with Crippen LogP contribution in [-0.2, 0) is 13.1 Å². The fraction of sp³-hybridized carbons (Fsp3) is 0.136. The maximum absolute atomic E-state index is 5.85. The van der Waals surface area contributed by atoms with E-state index in [1.807, 2.05) is 12.1 Å². The van der Waals surface area contributed by atoms with Crippen LogP contribution in [0, 0.1) is 6.92 Å². The van der Waals surface area contributed by atoms with Gasteiger partial charge in [-0.2, -0.15) is 0 Å². The monoisotopic (exact) mass is 331 g/mol. The predicted octanol–water partition coefficient (Wildman–Crippen LogP) is 5.37. The summed E-state index contributed by atoms with van der Waals surface area (Å²) >= 11 is 5.85. The van der Waals surface area contributed by atoms with Crippen molar-refractivity contribution in [3.8, 4) is 0 Å². The zero-order valence-electron chi connectivity index (χ0n) is 13.9. The molecule has 0 spiro atoms. The Morgan fingerprint density at radius 2 is 1.17 bits per heavy atom. The quantitative estimate of drug-likeness (QED) is 0.578. The molecule has 0 bridgehead atoms. The third-order valence-electron chi connectivity index (χ3n) is 4.10. The molecule has 0 aliphatic heterocycles. The van der Waals surface area contributed by atoms with E-state index < -0.39 is 0 Å². The zero-order chi connectivity index (χ0) is 16.8. The van der Waals surface area contributed by atoms with Gasteiger partial charge in [0.05, 0.1) is 0 Å². The molecule has 3 aromatic rings. The molecule has 0 fully saturated rings. The molecule has 3 aromatic carbocycles. The second kappa shape index (κ2) is 7.89. The van der Waals surface area contributed by atoms with Crippen LogP contribution in [0.3, 0.4) is 0 Å². The van der Waals surface area contributed by atoms with E-state index in [-0.39, 0.29) is 0 Å². The van der Waals surface area contributed by atoms with Crippen LogP contribution in [0.1, 0.15) is 22.3 Å². The van der Waals surface area contributed by atoms with E-state index in [4.69, 9.17) is 12.2 Å². The van der Waals surface area contributed by atoms with Gasteiger partial charge in [0.25, 0.3) is 0 Å². The number of thiocarbonyl (C=S) groups is 1. The first-order chi connectivity index (χ1) is 11.7. The largest absolute Gasteiger partial charge is 0.354 e. The second-order valence-electron chi connectivity index (χ2n) is 5.95. The van der Waals surface area contributed by atoms with E-state index >= 15 is 0 Å². The lowest BCUT2D eigenvalue weighted by Crippen LogP contribution is -2.29. The number of benzene rings is 3. The molecule has 0 saturated heterocycles. The molecule has 24 heavy (non-hydrogen) atoms. The second-order valence-corrected chi connectivity index (χ2v) is 6.33. The van der Waals surface area contributed by atoms with E-state index in [9.17, 15) is 0 Å². The molecular weight excluding hydrogens is 310 g/mol. The molecule has 3 rings (SSSR count). The van der Waals surface area contributed by atoms with Crippen molar-refractivity contribution in [3.63, 3.8) is 0 Å². The summed E-state index contributed by atoms with van der Waals surface area (Å²) in [6.45, 7) is 3.73. The van der Waals surface area contributed by atoms with Crippen molar-refractivity contribution in [2.75, 3.05) is 0 Å². The summed E-state index contributed by atoms with van der Waals surface area (Å²) in [6, 6.07) is 29.3. The average molecular weight is 331 g/mol. The van der Waals surface area contributed by atoms with Gasteiger partial charge in [-0.25, -0.2) is 0 Å². The van der Waals surface area contributed by atoms with Crippen LogP contribution in [0.15, 0.2) is 84.9 Å². The lowest BCUT2D eigenvalue weighted by atomic mass is 10.1. The Kier molecular flexibility index (Phi) is 5.39. The SMILES string of the molecule is Cc1ccccc1C(=S)N(Cc1ccccc1)Cc1ccccc1. The normalized spacial score (nSPS) is 10.4. The molecule has 0 unspecified atom stereocenters. The molecule has 1 nitrogen and oxygen atoms in total. The Hall–Kier alpha value is -2.45. The van der Waals surface area contributed by atoms with Crippen LogP contribution in [-0.4, -0.2) is 9.89 Å². The van der Waals surface area contributed by atoms with Crippen molar-refractivity contribution < 1.29 is 0 Å². The van der Waals surface area contributed by atoms with Crippen molar-refractivity contribution >= 4 is 17.2 Å². The van der Waals surface area contributed by atoms with Crippen LogP contribution < -0.4 is 0 Å². The third-order valence-corrected chi connectivity index (χ3v) is 4.57. The Labute approximate surface area is 149 Å². The first-order valence-corrected chi connectivity index (χ1v) is 8.57. The molecular formula is C22H21NS. The van der Waals surface area contributed by atoms with Gasteiger partial charge < -0.3 is 4.90 Å². The molecule has 2 heteroatoms. The van der Waals surface area contributed by atoms with Crippen molar-refractivity contribution in [1.82, 2.24) is 4.90 Å². The minimum atomic E-state index is 0.808. The van der Waals surface area contributed by atoms with Crippen molar-refractivity contribution in [2.24, 2.45) is 0 Å².